The van der Waals surface area contributed by atoms with Crippen LogP contribution in [0.3, 0.4) is 0 Å². The van der Waals surface area contributed by atoms with E-state index in [1.807, 2.05) is 12.3 Å². The van der Waals surface area contributed by atoms with E-state index in [2.05, 4.69) is 126 Å². The van der Waals surface area contributed by atoms with Gasteiger partial charge in [0.05, 0.1) is 16.7 Å². The third-order valence-corrected chi connectivity index (χ3v) is 6.94. The normalized spacial score (nSPS) is 11.3. The number of pyridine rings is 2. The molecular weight excluding hydrogens is 436 g/mol. The van der Waals surface area contributed by atoms with Crippen molar-refractivity contribution in [2.24, 2.45) is 0 Å². The molecule has 7 rings (SSSR count). The van der Waals surface area contributed by atoms with Crippen molar-refractivity contribution in [1.29, 1.82) is 0 Å². The van der Waals surface area contributed by atoms with E-state index in [1.165, 1.54) is 33.0 Å². The predicted molar refractivity (Wildman–Crippen MR) is 151 cm³/mol. The molecule has 0 aliphatic carbocycles. The number of rotatable bonds is 3. The molecule has 0 atom stereocenters. The molecule has 2 heteroatoms. The molecule has 0 aliphatic heterocycles. The van der Waals surface area contributed by atoms with Crippen LogP contribution in [0.2, 0.25) is 0 Å². The van der Waals surface area contributed by atoms with Gasteiger partial charge < -0.3 is 0 Å². The molecule has 0 aliphatic rings. The first-order valence-electron chi connectivity index (χ1n) is 12.2. The van der Waals surface area contributed by atoms with Gasteiger partial charge in [0.25, 0.3) is 0 Å². The summed E-state index contributed by atoms with van der Waals surface area (Å²) in [7, 11) is 0. The highest BCUT2D eigenvalue weighted by Gasteiger charge is 2.12. The molecular formula is C34H22N2. The van der Waals surface area contributed by atoms with Crippen LogP contribution in [0.1, 0.15) is 0 Å². The Kier molecular flexibility index (Phi) is 4.82. The van der Waals surface area contributed by atoms with Crippen LogP contribution in [0, 0.1) is 0 Å². The minimum absolute atomic E-state index is 0.940. The van der Waals surface area contributed by atoms with Gasteiger partial charge in [0.1, 0.15) is 0 Å². The average molecular weight is 459 g/mol. The van der Waals surface area contributed by atoms with Crippen molar-refractivity contribution in [3.8, 4) is 33.5 Å². The zero-order valence-corrected chi connectivity index (χ0v) is 19.6. The Morgan fingerprint density at radius 3 is 1.81 bits per heavy atom. The van der Waals surface area contributed by atoms with E-state index in [-0.39, 0.29) is 0 Å². The summed E-state index contributed by atoms with van der Waals surface area (Å²) >= 11 is 0. The molecule has 5 aromatic carbocycles. The van der Waals surface area contributed by atoms with Crippen LogP contribution in [-0.2, 0) is 0 Å². The lowest BCUT2D eigenvalue weighted by Gasteiger charge is -2.13. The molecule has 0 N–H and O–H groups in total. The van der Waals surface area contributed by atoms with E-state index in [0.717, 1.165) is 33.1 Å². The fourth-order valence-electron chi connectivity index (χ4n) is 5.12. The van der Waals surface area contributed by atoms with E-state index in [9.17, 15) is 0 Å². The molecule has 0 radical (unpaired) electrons. The first kappa shape index (κ1) is 20.5. The maximum atomic E-state index is 5.11. The summed E-state index contributed by atoms with van der Waals surface area (Å²) in [6.45, 7) is 0. The average Bonchev–Trinajstić information content (AvgIpc) is 2.97. The fourth-order valence-corrected chi connectivity index (χ4v) is 5.12. The summed E-state index contributed by atoms with van der Waals surface area (Å²) in [5.74, 6) is 0. The van der Waals surface area contributed by atoms with Crippen molar-refractivity contribution in [1.82, 2.24) is 9.97 Å². The van der Waals surface area contributed by atoms with Gasteiger partial charge in [0, 0.05) is 22.5 Å². The fraction of sp³-hybridized carbons (Fsp3) is 0. The van der Waals surface area contributed by atoms with E-state index in [4.69, 9.17) is 4.98 Å². The molecule has 0 saturated carbocycles. The Labute approximate surface area is 209 Å². The van der Waals surface area contributed by atoms with Crippen molar-refractivity contribution in [3.63, 3.8) is 0 Å². The maximum absolute atomic E-state index is 5.11. The van der Waals surface area contributed by atoms with Gasteiger partial charge in [0.15, 0.2) is 0 Å². The van der Waals surface area contributed by atoms with E-state index < -0.39 is 0 Å². The van der Waals surface area contributed by atoms with Crippen molar-refractivity contribution in [2.45, 2.75) is 0 Å². The highest BCUT2D eigenvalue weighted by molar-refractivity contribution is 6.07. The molecule has 0 fully saturated rings. The van der Waals surface area contributed by atoms with Gasteiger partial charge in [0.2, 0.25) is 0 Å². The minimum Gasteiger partial charge on any atom is -0.254 e. The third kappa shape index (κ3) is 3.43. The summed E-state index contributed by atoms with van der Waals surface area (Å²) in [6, 6.07) is 44.9. The third-order valence-electron chi connectivity index (χ3n) is 6.94. The van der Waals surface area contributed by atoms with Gasteiger partial charge in [-0.05, 0) is 45.2 Å². The number of nitrogens with zero attached hydrogens (tertiary/aromatic N) is 2. The number of hydrogen-bond acceptors (Lipinski definition) is 2. The van der Waals surface area contributed by atoms with Crippen LogP contribution in [0.5, 0.6) is 0 Å². The number of fused-ring (bicyclic) bond motifs is 4. The second-order valence-corrected chi connectivity index (χ2v) is 9.06. The Hall–Kier alpha value is -4.82. The van der Waals surface area contributed by atoms with Crippen LogP contribution in [-0.4, -0.2) is 9.97 Å². The lowest BCUT2D eigenvalue weighted by atomic mass is 9.92. The van der Waals surface area contributed by atoms with E-state index >= 15 is 0 Å². The second kappa shape index (κ2) is 8.44. The summed E-state index contributed by atoms with van der Waals surface area (Å²) < 4.78 is 0. The van der Waals surface area contributed by atoms with Crippen LogP contribution < -0.4 is 0 Å². The number of hydrogen-bond donors (Lipinski definition) is 0. The molecule has 0 amide bonds. The van der Waals surface area contributed by atoms with Gasteiger partial charge in [-0.2, -0.15) is 0 Å². The Balaban J connectivity index is 1.37. The minimum atomic E-state index is 0.940. The van der Waals surface area contributed by atoms with Crippen LogP contribution >= 0.6 is 0 Å². The van der Waals surface area contributed by atoms with Crippen molar-refractivity contribution < 1.29 is 0 Å². The highest BCUT2D eigenvalue weighted by atomic mass is 14.8. The largest absolute Gasteiger partial charge is 0.254 e. The van der Waals surface area contributed by atoms with E-state index in [1.54, 1.807) is 0 Å². The van der Waals surface area contributed by atoms with Gasteiger partial charge in [-0.25, -0.2) is 4.98 Å². The monoisotopic (exact) mass is 458 g/mol. The molecule has 0 unspecified atom stereocenters. The first-order chi connectivity index (χ1) is 17.8. The summed E-state index contributed by atoms with van der Waals surface area (Å²) in [5.41, 5.74) is 8.86. The molecule has 168 valence electrons. The zero-order chi connectivity index (χ0) is 23.9. The van der Waals surface area contributed by atoms with Crippen molar-refractivity contribution in [3.05, 3.63) is 134 Å². The molecule has 0 bridgehead atoms. The van der Waals surface area contributed by atoms with Gasteiger partial charge in [-0.15, -0.1) is 0 Å². The van der Waals surface area contributed by atoms with Gasteiger partial charge >= 0.3 is 0 Å². The first-order valence-corrected chi connectivity index (χ1v) is 12.2. The lowest BCUT2D eigenvalue weighted by molar-refractivity contribution is 1.37. The lowest BCUT2D eigenvalue weighted by Crippen LogP contribution is -1.91. The molecule has 2 heterocycles. The van der Waals surface area contributed by atoms with Crippen LogP contribution in [0.25, 0.3) is 66.1 Å². The van der Waals surface area contributed by atoms with Crippen molar-refractivity contribution in [2.75, 3.05) is 0 Å². The molecule has 36 heavy (non-hydrogen) atoms. The topological polar surface area (TPSA) is 25.8 Å². The Morgan fingerprint density at radius 1 is 0.389 bits per heavy atom. The van der Waals surface area contributed by atoms with E-state index in [0.29, 0.717) is 0 Å². The molecule has 2 nitrogen and oxygen atoms in total. The van der Waals surface area contributed by atoms with Gasteiger partial charge in [-0.1, -0.05) is 115 Å². The molecule has 0 saturated heterocycles. The smallest absolute Gasteiger partial charge is 0.0972 e. The quantitative estimate of drug-likeness (QED) is 0.247. The standard InChI is InChI=1S/C34H22N2/c1-2-7-23(8-3-1)24-12-14-25(15-13-24)28-19-20-31(30-11-5-4-10-29(28)30)32-21-18-27-17-16-26-9-6-22-35-33(26)34(27)36-32/h1-22H. The van der Waals surface area contributed by atoms with Crippen LogP contribution in [0.4, 0.5) is 0 Å². The number of aromatic nitrogens is 2. The molecule has 7 aromatic rings. The maximum Gasteiger partial charge on any atom is 0.0972 e. The van der Waals surface area contributed by atoms with Crippen LogP contribution in [0.15, 0.2) is 134 Å². The van der Waals surface area contributed by atoms with Gasteiger partial charge in [-0.3, -0.25) is 4.98 Å². The predicted octanol–water partition coefficient (Wildman–Crippen LogP) is 8.94. The zero-order valence-electron chi connectivity index (χ0n) is 19.6. The SMILES string of the molecule is c1ccc(-c2ccc(-c3ccc(-c4ccc5ccc6cccnc6c5n4)c4ccccc34)cc2)cc1. The Bertz CT molecular complexity index is 1870. The number of benzene rings is 5. The highest BCUT2D eigenvalue weighted by Crippen LogP contribution is 2.36. The second-order valence-electron chi connectivity index (χ2n) is 9.06. The summed E-state index contributed by atoms with van der Waals surface area (Å²) in [4.78, 5) is 9.74. The Morgan fingerprint density at radius 2 is 1.00 bits per heavy atom. The summed E-state index contributed by atoms with van der Waals surface area (Å²) in [6.07, 6.45) is 1.84. The molecule has 2 aromatic heterocycles. The summed E-state index contributed by atoms with van der Waals surface area (Å²) in [5, 5.41) is 4.63. The van der Waals surface area contributed by atoms with Crippen molar-refractivity contribution >= 4 is 32.6 Å². The molecule has 0 spiro atoms.